The van der Waals surface area contributed by atoms with E-state index in [2.05, 4.69) is 22.3 Å². The Balaban J connectivity index is 1.36. The monoisotopic (exact) mass is 485 g/mol. The largest absolute Gasteiger partial charge is 0.497 e. The fraction of sp³-hybridized carbons (Fsp3) is 0.500. The average Bonchev–Trinajstić information content (AvgIpc) is 3.42. The molecule has 0 radical (unpaired) electrons. The highest BCUT2D eigenvalue weighted by atomic mass is 32.2. The molecule has 0 aliphatic carbocycles. The third-order valence-electron chi connectivity index (χ3n) is 6.83. The molecule has 7 nitrogen and oxygen atoms in total. The molecule has 2 aliphatic rings. The summed E-state index contributed by atoms with van der Waals surface area (Å²) in [5.74, 6) is 0.787. The number of likely N-dealkylation sites (tertiary alicyclic amines) is 1. The molecule has 0 saturated carbocycles. The van der Waals surface area contributed by atoms with Crippen molar-refractivity contribution in [2.24, 2.45) is 0 Å². The summed E-state index contributed by atoms with van der Waals surface area (Å²) in [7, 11) is -1.82. The van der Waals surface area contributed by atoms with E-state index in [9.17, 15) is 13.2 Å². The van der Waals surface area contributed by atoms with Gasteiger partial charge in [0.2, 0.25) is 10.0 Å². The lowest BCUT2D eigenvalue weighted by Gasteiger charge is -2.28. The minimum absolute atomic E-state index is 0.0446. The van der Waals surface area contributed by atoms with E-state index in [1.807, 2.05) is 12.1 Å². The lowest BCUT2D eigenvalue weighted by Crippen LogP contribution is -2.36. The van der Waals surface area contributed by atoms with Crippen LogP contribution in [0, 0.1) is 0 Å². The molecule has 2 fully saturated rings. The zero-order chi connectivity index (χ0) is 24.0. The molecule has 0 amide bonds. The first-order chi connectivity index (χ1) is 16.5. The van der Waals surface area contributed by atoms with Crippen LogP contribution in [0.1, 0.15) is 54.1 Å². The number of ether oxygens (including phenoxy) is 1. The third kappa shape index (κ3) is 5.86. The number of sulfonamides is 1. The second-order valence-corrected chi connectivity index (χ2v) is 11.0. The van der Waals surface area contributed by atoms with Gasteiger partial charge in [-0.3, -0.25) is 9.69 Å². The summed E-state index contributed by atoms with van der Waals surface area (Å²) in [4.78, 5) is 15.5. The quantitative estimate of drug-likeness (QED) is 0.519. The molecule has 1 N–H and O–H groups in total. The molecular formula is C26H35N3O4S. The number of methoxy groups -OCH3 is 1. The molecule has 8 heteroatoms. The van der Waals surface area contributed by atoms with E-state index in [0.29, 0.717) is 25.2 Å². The van der Waals surface area contributed by atoms with E-state index in [1.54, 1.807) is 35.7 Å². The van der Waals surface area contributed by atoms with Crippen molar-refractivity contribution >= 4 is 15.8 Å². The number of hydrogen-bond acceptors (Lipinski definition) is 6. The summed E-state index contributed by atoms with van der Waals surface area (Å²) in [5, 5.41) is 3.34. The van der Waals surface area contributed by atoms with Crippen LogP contribution in [0.5, 0.6) is 5.75 Å². The number of carbonyl (C=O) groups is 1. The van der Waals surface area contributed by atoms with Crippen LogP contribution >= 0.6 is 0 Å². The Bertz CT molecular complexity index is 1040. The zero-order valence-electron chi connectivity index (χ0n) is 19.9. The smallest absolute Gasteiger partial charge is 0.243 e. The van der Waals surface area contributed by atoms with Crippen molar-refractivity contribution in [1.29, 1.82) is 0 Å². The first-order valence-corrected chi connectivity index (χ1v) is 13.7. The van der Waals surface area contributed by atoms with E-state index < -0.39 is 10.0 Å². The van der Waals surface area contributed by atoms with E-state index in [4.69, 9.17) is 4.74 Å². The number of Topliss-reactive ketones (excluding diaryl/α,β-unsaturated/α-hetero) is 1. The number of carbonyl (C=O) groups excluding carboxylic acids is 1. The van der Waals surface area contributed by atoms with Gasteiger partial charge < -0.3 is 10.1 Å². The summed E-state index contributed by atoms with van der Waals surface area (Å²) in [5.41, 5.74) is 1.72. The lowest BCUT2D eigenvalue weighted by atomic mass is 10.0. The molecule has 2 heterocycles. The number of rotatable bonds is 10. The summed E-state index contributed by atoms with van der Waals surface area (Å²) in [6.45, 7) is 4.12. The van der Waals surface area contributed by atoms with Crippen LogP contribution in [0.25, 0.3) is 0 Å². The number of benzene rings is 2. The van der Waals surface area contributed by atoms with Crippen molar-refractivity contribution in [2.75, 3.05) is 46.4 Å². The predicted molar refractivity (Wildman–Crippen MR) is 133 cm³/mol. The molecule has 2 aromatic carbocycles. The van der Waals surface area contributed by atoms with Crippen LogP contribution in [0.3, 0.4) is 0 Å². The van der Waals surface area contributed by atoms with Crippen molar-refractivity contribution in [3.63, 3.8) is 0 Å². The number of nitrogens with zero attached hydrogens (tertiary/aromatic N) is 2. The van der Waals surface area contributed by atoms with Gasteiger partial charge in [0, 0.05) is 31.2 Å². The predicted octanol–water partition coefficient (Wildman–Crippen LogP) is 3.48. The maximum Gasteiger partial charge on any atom is 0.243 e. The van der Waals surface area contributed by atoms with Crippen LogP contribution < -0.4 is 10.1 Å². The summed E-state index contributed by atoms with van der Waals surface area (Å²) >= 11 is 0. The molecular weight excluding hydrogens is 450 g/mol. The van der Waals surface area contributed by atoms with Gasteiger partial charge in [-0.25, -0.2) is 8.42 Å². The van der Waals surface area contributed by atoms with Crippen LogP contribution in [-0.4, -0.2) is 69.8 Å². The van der Waals surface area contributed by atoms with E-state index in [1.165, 1.54) is 18.4 Å². The van der Waals surface area contributed by atoms with Crippen LogP contribution in [0.15, 0.2) is 53.4 Å². The highest BCUT2D eigenvalue weighted by molar-refractivity contribution is 7.89. The standard InChI is InChI=1S/C26H35N3O4S/c1-33-23-11-7-21(8-12-23)25(28-15-5-6-16-28)19-27-20-26(30)22-9-13-24(14-10-22)34(31,32)29-17-3-2-4-18-29/h7-14,25,27H,2-6,15-20H2,1H3. The molecule has 4 rings (SSSR count). The normalized spacial score (nSPS) is 18.6. The molecule has 1 atom stereocenters. The van der Waals surface area contributed by atoms with Crippen LogP contribution in [-0.2, 0) is 10.0 Å². The highest BCUT2D eigenvalue weighted by Crippen LogP contribution is 2.26. The maximum absolute atomic E-state index is 12.8. The second kappa shape index (κ2) is 11.4. The molecule has 2 saturated heterocycles. The lowest BCUT2D eigenvalue weighted by molar-refractivity contribution is 0.0987. The van der Waals surface area contributed by atoms with Crippen LogP contribution in [0.4, 0.5) is 0 Å². The zero-order valence-corrected chi connectivity index (χ0v) is 20.7. The summed E-state index contributed by atoms with van der Waals surface area (Å²) in [6.07, 6.45) is 5.26. The van der Waals surface area contributed by atoms with E-state index >= 15 is 0 Å². The Morgan fingerprint density at radius 3 is 2.15 bits per heavy atom. The third-order valence-corrected chi connectivity index (χ3v) is 8.75. The number of nitrogens with one attached hydrogen (secondary N) is 1. The fourth-order valence-corrected chi connectivity index (χ4v) is 6.35. The van der Waals surface area contributed by atoms with Gasteiger partial charge in [0.1, 0.15) is 5.75 Å². The molecule has 2 aromatic rings. The van der Waals surface area contributed by atoms with E-state index in [0.717, 1.165) is 38.1 Å². The Labute approximate surface area is 203 Å². The molecule has 2 aliphatic heterocycles. The number of ketones is 1. The first-order valence-electron chi connectivity index (χ1n) is 12.2. The van der Waals surface area contributed by atoms with Gasteiger partial charge in [-0.1, -0.05) is 30.7 Å². The Morgan fingerprint density at radius 2 is 1.53 bits per heavy atom. The Kier molecular flexibility index (Phi) is 8.37. The number of piperidine rings is 1. The average molecular weight is 486 g/mol. The topological polar surface area (TPSA) is 78.9 Å². The summed E-state index contributed by atoms with van der Waals surface area (Å²) in [6, 6.07) is 14.7. The van der Waals surface area contributed by atoms with Crippen molar-refractivity contribution < 1.29 is 17.9 Å². The minimum Gasteiger partial charge on any atom is -0.497 e. The van der Waals surface area contributed by atoms with Gasteiger partial charge in [-0.2, -0.15) is 4.31 Å². The SMILES string of the molecule is COc1ccc(C(CNCC(=O)c2ccc(S(=O)(=O)N3CCCCC3)cc2)N2CCCC2)cc1. The van der Waals surface area contributed by atoms with Gasteiger partial charge in [0.15, 0.2) is 5.78 Å². The number of hydrogen-bond donors (Lipinski definition) is 1. The molecule has 184 valence electrons. The molecule has 34 heavy (non-hydrogen) atoms. The van der Waals surface area contributed by atoms with Gasteiger partial charge in [-0.05, 0) is 68.6 Å². The molecule has 0 aromatic heterocycles. The molecule has 1 unspecified atom stereocenters. The van der Waals surface area contributed by atoms with Crippen molar-refractivity contribution in [3.05, 3.63) is 59.7 Å². The van der Waals surface area contributed by atoms with Crippen molar-refractivity contribution in [3.8, 4) is 5.75 Å². The van der Waals surface area contributed by atoms with E-state index in [-0.39, 0.29) is 23.3 Å². The van der Waals surface area contributed by atoms with Gasteiger partial charge in [0.05, 0.1) is 18.6 Å². The fourth-order valence-electron chi connectivity index (χ4n) is 4.83. The molecule has 0 bridgehead atoms. The summed E-state index contributed by atoms with van der Waals surface area (Å²) < 4.78 is 32.5. The van der Waals surface area contributed by atoms with Gasteiger partial charge >= 0.3 is 0 Å². The van der Waals surface area contributed by atoms with Crippen molar-refractivity contribution in [1.82, 2.24) is 14.5 Å². The van der Waals surface area contributed by atoms with Gasteiger partial charge in [-0.15, -0.1) is 0 Å². The van der Waals surface area contributed by atoms with Crippen LogP contribution in [0.2, 0.25) is 0 Å². The first kappa shape index (κ1) is 24.9. The Hall–Kier alpha value is -2.26. The molecule has 0 spiro atoms. The highest BCUT2D eigenvalue weighted by Gasteiger charge is 2.26. The van der Waals surface area contributed by atoms with Gasteiger partial charge in [0.25, 0.3) is 0 Å². The van der Waals surface area contributed by atoms with Crippen molar-refractivity contribution in [2.45, 2.75) is 43.0 Å². The second-order valence-electron chi connectivity index (χ2n) is 9.08. The maximum atomic E-state index is 12.8. The Morgan fingerprint density at radius 1 is 0.912 bits per heavy atom. The minimum atomic E-state index is -3.49.